The van der Waals surface area contributed by atoms with Gasteiger partial charge in [0.25, 0.3) is 5.91 Å². The Morgan fingerprint density at radius 2 is 1.57 bits per heavy atom. The molecule has 0 N–H and O–H groups in total. The number of amides is 2. The van der Waals surface area contributed by atoms with Crippen LogP contribution in [0.4, 0.5) is 0 Å². The summed E-state index contributed by atoms with van der Waals surface area (Å²) in [4.78, 5) is 31.2. The number of hydrogen-bond donors (Lipinski definition) is 0. The standard InChI is InChI=1S/C29H36N2O4/c1-2-34-26-14-8-9-15-27(26)35-23-16-18-30(19-17-23)29(33)25-20-22-12-6-7-13-24(22)31(25)28(32)21-10-4-3-5-11-21/h3-5,8-11,14-15,22-25H,2,6-7,12-13,16-20H2,1H3. The maximum absolute atomic E-state index is 13.8. The Kier molecular flexibility index (Phi) is 7.26. The molecule has 3 atom stereocenters. The molecule has 0 radical (unpaired) electrons. The summed E-state index contributed by atoms with van der Waals surface area (Å²) >= 11 is 0. The van der Waals surface area contributed by atoms with Crippen LogP contribution < -0.4 is 9.47 Å². The second-order valence-electron chi connectivity index (χ2n) is 9.96. The zero-order chi connectivity index (χ0) is 24.2. The fourth-order valence-electron chi connectivity index (χ4n) is 6.11. The van der Waals surface area contributed by atoms with E-state index in [4.69, 9.17) is 9.47 Å². The van der Waals surface area contributed by atoms with Crippen molar-refractivity contribution in [1.29, 1.82) is 0 Å². The van der Waals surface area contributed by atoms with E-state index in [1.807, 2.05) is 71.3 Å². The summed E-state index contributed by atoms with van der Waals surface area (Å²) in [5, 5.41) is 0. The molecule has 1 saturated carbocycles. The fraction of sp³-hybridized carbons (Fsp3) is 0.517. The molecule has 2 aromatic rings. The highest BCUT2D eigenvalue weighted by Crippen LogP contribution is 2.41. The Labute approximate surface area is 208 Å². The molecule has 1 aliphatic carbocycles. The number of ether oxygens (including phenoxy) is 2. The van der Waals surface area contributed by atoms with E-state index in [0.717, 1.165) is 50.0 Å². The lowest BCUT2D eigenvalue weighted by molar-refractivity contribution is -0.137. The number of fused-ring (bicyclic) bond motifs is 1. The summed E-state index contributed by atoms with van der Waals surface area (Å²) in [6.45, 7) is 3.86. The number of para-hydroxylation sites is 2. The monoisotopic (exact) mass is 476 g/mol. The number of nitrogens with zero attached hydrogens (tertiary/aromatic N) is 2. The van der Waals surface area contributed by atoms with Gasteiger partial charge in [-0.2, -0.15) is 0 Å². The van der Waals surface area contributed by atoms with Gasteiger partial charge in [-0.1, -0.05) is 43.2 Å². The third-order valence-electron chi connectivity index (χ3n) is 7.82. The van der Waals surface area contributed by atoms with Crippen LogP contribution in [0.25, 0.3) is 0 Å². The Hall–Kier alpha value is -3.02. The number of likely N-dealkylation sites (tertiary alicyclic amines) is 2. The maximum atomic E-state index is 13.8. The topological polar surface area (TPSA) is 59.1 Å². The third-order valence-corrected chi connectivity index (χ3v) is 7.82. The highest BCUT2D eigenvalue weighted by atomic mass is 16.5. The van der Waals surface area contributed by atoms with E-state index in [1.165, 1.54) is 6.42 Å². The maximum Gasteiger partial charge on any atom is 0.254 e. The Morgan fingerprint density at radius 3 is 2.31 bits per heavy atom. The van der Waals surface area contributed by atoms with E-state index >= 15 is 0 Å². The van der Waals surface area contributed by atoms with Crippen LogP contribution in [-0.2, 0) is 4.79 Å². The molecule has 3 unspecified atom stereocenters. The minimum absolute atomic E-state index is 0.00380. The van der Waals surface area contributed by atoms with Gasteiger partial charge in [0.1, 0.15) is 12.1 Å². The Balaban J connectivity index is 1.26. The molecule has 3 fully saturated rings. The summed E-state index contributed by atoms with van der Waals surface area (Å²) < 4.78 is 12.0. The van der Waals surface area contributed by atoms with Gasteiger partial charge in [0, 0.05) is 37.5 Å². The molecule has 0 spiro atoms. The van der Waals surface area contributed by atoms with Crippen molar-refractivity contribution in [1.82, 2.24) is 9.80 Å². The number of carbonyl (C=O) groups excluding carboxylic acids is 2. The van der Waals surface area contributed by atoms with Gasteiger partial charge >= 0.3 is 0 Å². The summed E-state index contributed by atoms with van der Waals surface area (Å²) in [5.74, 6) is 2.07. The molecular formula is C29H36N2O4. The second kappa shape index (κ2) is 10.7. The lowest BCUT2D eigenvalue weighted by Crippen LogP contribution is -2.53. The van der Waals surface area contributed by atoms with Gasteiger partial charge in [-0.15, -0.1) is 0 Å². The highest BCUT2D eigenvalue weighted by molar-refractivity contribution is 5.98. The van der Waals surface area contributed by atoms with Crippen molar-refractivity contribution in [3.8, 4) is 11.5 Å². The molecule has 2 amide bonds. The van der Waals surface area contributed by atoms with Crippen LogP contribution in [0.3, 0.4) is 0 Å². The molecule has 0 bridgehead atoms. The largest absolute Gasteiger partial charge is 0.490 e. The highest BCUT2D eigenvalue weighted by Gasteiger charge is 2.48. The molecular weight excluding hydrogens is 440 g/mol. The van der Waals surface area contributed by atoms with Gasteiger partial charge in [-0.25, -0.2) is 0 Å². The second-order valence-corrected chi connectivity index (χ2v) is 9.96. The molecule has 0 aromatic heterocycles. The lowest BCUT2D eigenvalue weighted by Gasteiger charge is -2.37. The van der Waals surface area contributed by atoms with Gasteiger partial charge in [-0.05, 0) is 56.4 Å². The van der Waals surface area contributed by atoms with Gasteiger partial charge in [0.2, 0.25) is 5.91 Å². The van der Waals surface area contributed by atoms with E-state index in [1.54, 1.807) is 0 Å². The van der Waals surface area contributed by atoms with Crippen LogP contribution in [0, 0.1) is 5.92 Å². The van der Waals surface area contributed by atoms with E-state index < -0.39 is 0 Å². The quantitative estimate of drug-likeness (QED) is 0.593. The van der Waals surface area contributed by atoms with Crippen LogP contribution in [0.2, 0.25) is 0 Å². The SMILES string of the molecule is CCOc1ccccc1OC1CCN(C(=O)C2CC3CCCCC3N2C(=O)c2ccccc2)CC1. The van der Waals surface area contributed by atoms with E-state index in [2.05, 4.69) is 0 Å². The van der Waals surface area contributed by atoms with E-state index in [-0.39, 0.29) is 30.0 Å². The number of piperidine rings is 1. The third kappa shape index (κ3) is 5.02. The summed E-state index contributed by atoms with van der Waals surface area (Å²) in [5.41, 5.74) is 0.677. The lowest BCUT2D eigenvalue weighted by atomic mass is 9.84. The van der Waals surface area contributed by atoms with Gasteiger partial charge in [0.05, 0.1) is 6.61 Å². The average Bonchev–Trinajstić information content (AvgIpc) is 3.30. The van der Waals surface area contributed by atoms with Crippen LogP contribution in [0.5, 0.6) is 11.5 Å². The number of carbonyl (C=O) groups is 2. The van der Waals surface area contributed by atoms with Crippen molar-refractivity contribution in [2.75, 3.05) is 19.7 Å². The van der Waals surface area contributed by atoms with Gasteiger partial charge in [-0.3, -0.25) is 9.59 Å². The first-order chi connectivity index (χ1) is 17.2. The average molecular weight is 477 g/mol. The summed E-state index contributed by atoms with van der Waals surface area (Å²) in [6.07, 6.45) is 6.84. The molecule has 2 saturated heterocycles. The predicted octanol–water partition coefficient (Wildman–Crippen LogP) is 4.93. The molecule has 6 nitrogen and oxygen atoms in total. The summed E-state index contributed by atoms with van der Waals surface area (Å²) in [6, 6.07) is 17.0. The van der Waals surface area contributed by atoms with Gasteiger partial charge < -0.3 is 19.3 Å². The van der Waals surface area contributed by atoms with Crippen molar-refractivity contribution in [3.63, 3.8) is 0 Å². The summed E-state index contributed by atoms with van der Waals surface area (Å²) in [7, 11) is 0. The minimum atomic E-state index is -0.355. The van der Waals surface area contributed by atoms with Gasteiger partial charge in [0.15, 0.2) is 11.5 Å². The van der Waals surface area contributed by atoms with Crippen molar-refractivity contribution in [2.24, 2.45) is 5.92 Å². The first kappa shape index (κ1) is 23.7. The van der Waals surface area contributed by atoms with Crippen LogP contribution in [0.1, 0.15) is 62.2 Å². The van der Waals surface area contributed by atoms with Crippen molar-refractivity contribution in [2.45, 2.75) is 70.1 Å². The normalized spacial score (nSPS) is 24.7. The zero-order valence-electron chi connectivity index (χ0n) is 20.6. The predicted molar refractivity (Wildman–Crippen MR) is 135 cm³/mol. The van der Waals surface area contributed by atoms with Crippen molar-refractivity contribution < 1.29 is 19.1 Å². The Morgan fingerprint density at radius 1 is 0.886 bits per heavy atom. The van der Waals surface area contributed by atoms with Crippen molar-refractivity contribution in [3.05, 3.63) is 60.2 Å². The van der Waals surface area contributed by atoms with Crippen LogP contribution >= 0.6 is 0 Å². The molecule has 5 rings (SSSR count). The number of benzene rings is 2. The molecule has 3 aliphatic rings. The number of hydrogen-bond acceptors (Lipinski definition) is 4. The molecule has 2 aliphatic heterocycles. The van der Waals surface area contributed by atoms with Crippen LogP contribution in [0.15, 0.2) is 54.6 Å². The molecule has 186 valence electrons. The zero-order valence-corrected chi connectivity index (χ0v) is 20.6. The smallest absolute Gasteiger partial charge is 0.254 e. The first-order valence-electron chi connectivity index (χ1n) is 13.2. The van der Waals surface area contributed by atoms with E-state index in [0.29, 0.717) is 31.2 Å². The molecule has 2 aromatic carbocycles. The fourth-order valence-corrected chi connectivity index (χ4v) is 6.11. The Bertz CT molecular complexity index is 1020. The van der Waals surface area contributed by atoms with E-state index in [9.17, 15) is 9.59 Å². The van der Waals surface area contributed by atoms with Crippen molar-refractivity contribution >= 4 is 11.8 Å². The molecule has 6 heteroatoms. The first-order valence-corrected chi connectivity index (χ1v) is 13.2. The molecule has 2 heterocycles. The molecule has 35 heavy (non-hydrogen) atoms. The van der Waals surface area contributed by atoms with Crippen LogP contribution in [-0.4, -0.2) is 59.5 Å². The minimum Gasteiger partial charge on any atom is -0.490 e. The number of rotatable bonds is 6.